The van der Waals surface area contributed by atoms with Crippen LogP contribution in [0.3, 0.4) is 0 Å². The standard InChI is InChI=1S/C11H19NO4/c1-15-11(4-5-16-7-11)6-12-9(10(13)14)8-2-3-8/h8-9,12H,2-7H2,1H3,(H,13,14). The Kier molecular flexibility index (Phi) is 3.47. The van der Waals surface area contributed by atoms with E-state index in [0.29, 0.717) is 25.7 Å². The smallest absolute Gasteiger partial charge is 0.320 e. The predicted molar refractivity (Wildman–Crippen MR) is 57.3 cm³/mol. The van der Waals surface area contributed by atoms with Crippen molar-refractivity contribution in [1.82, 2.24) is 5.32 Å². The maximum Gasteiger partial charge on any atom is 0.320 e. The van der Waals surface area contributed by atoms with Gasteiger partial charge in [-0.05, 0) is 18.8 Å². The summed E-state index contributed by atoms with van der Waals surface area (Å²) in [5.41, 5.74) is -0.331. The highest BCUT2D eigenvalue weighted by Gasteiger charge is 2.40. The molecule has 2 aliphatic rings. The molecule has 2 rings (SSSR count). The van der Waals surface area contributed by atoms with E-state index in [1.165, 1.54) is 0 Å². The molecular formula is C11H19NO4. The predicted octanol–water partition coefficient (Wildman–Crippen LogP) is 0.245. The van der Waals surface area contributed by atoms with Crippen molar-refractivity contribution in [3.05, 3.63) is 0 Å². The van der Waals surface area contributed by atoms with Crippen LogP contribution in [0.25, 0.3) is 0 Å². The Hall–Kier alpha value is -0.650. The lowest BCUT2D eigenvalue weighted by Gasteiger charge is -2.27. The molecule has 92 valence electrons. The van der Waals surface area contributed by atoms with Crippen LogP contribution in [0, 0.1) is 5.92 Å². The summed E-state index contributed by atoms with van der Waals surface area (Å²) in [5.74, 6) is -0.457. The lowest BCUT2D eigenvalue weighted by atomic mass is 10.0. The van der Waals surface area contributed by atoms with Crippen molar-refractivity contribution in [2.24, 2.45) is 5.92 Å². The first-order valence-corrected chi connectivity index (χ1v) is 5.76. The van der Waals surface area contributed by atoms with Crippen LogP contribution in [-0.2, 0) is 14.3 Å². The molecule has 1 heterocycles. The highest BCUT2D eigenvalue weighted by molar-refractivity contribution is 5.74. The van der Waals surface area contributed by atoms with Crippen molar-refractivity contribution < 1.29 is 19.4 Å². The van der Waals surface area contributed by atoms with Gasteiger partial charge in [-0.3, -0.25) is 4.79 Å². The van der Waals surface area contributed by atoms with Gasteiger partial charge in [0.05, 0.1) is 6.61 Å². The van der Waals surface area contributed by atoms with E-state index in [4.69, 9.17) is 14.6 Å². The molecule has 0 radical (unpaired) electrons. The molecule has 2 N–H and O–H groups in total. The topological polar surface area (TPSA) is 67.8 Å². The molecule has 2 unspecified atom stereocenters. The second-order valence-electron chi connectivity index (χ2n) is 4.72. The molecule has 5 nitrogen and oxygen atoms in total. The van der Waals surface area contributed by atoms with Crippen LogP contribution in [0.1, 0.15) is 19.3 Å². The summed E-state index contributed by atoms with van der Waals surface area (Å²) in [6.07, 6.45) is 2.86. The van der Waals surface area contributed by atoms with E-state index in [1.807, 2.05) is 0 Å². The summed E-state index contributed by atoms with van der Waals surface area (Å²) in [6.45, 7) is 1.79. The number of nitrogens with one attached hydrogen (secondary N) is 1. The Balaban J connectivity index is 1.86. The van der Waals surface area contributed by atoms with E-state index in [0.717, 1.165) is 19.3 Å². The van der Waals surface area contributed by atoms with Crippen LogP contribution in [0.5, 0.6) is 0 Å². The van der Waals surface area contributed by atoms with E-state index in [2.05, 4.69) is 5.32 Å². The van der Waals surface area contributed by atoms with Gasteiger partial charge in [-0.25, -0.2) is 0 Å². The Labute approximate surface area is 95.1 Å². The zero-order chi connectivity index (χ0) is 11.6. The first-order chi connectivity index (χ1) is 7.67. The molecule has 1 aliphatic carbocycles. The third-order valence-corrected chi connectivity index (χ3v) is 3.50. The molecule has 0 bridgehead atoms. The Morgan fingerprint density at radius 1 is 1.69 bits per heavy atom. The van der Waals surface area contributed by atoms with Gasteiger partial charge in [-0.15, -0.1) is 0 Å². The highest BCUT2D eigenvalue weighted by Crippen LogP contribution is 2.33. The summed E-state index contributed by atoms with van der Waals surface area (Å²) < 4.78 is 10.8. The summed E-state index contributed by atoms with van der Waals surface area (Å²) in [7, 11) is 1.66. The Morgan fingerprint density at radius 2 is 2.44 bits per heavy atom. The van der Waals surface area contributed by atoms with Gasteiger partial charge in [0.15, 0.2) is 0 Å². The third-order valence-electron chi connectivity index (χ3n) is 3.50. The van der Waals surface area contributed by atoms with E-state index in [1.54, 1.807) is 7.11 Å². The second kappa shape index (κ2) is 4.69. The maximum absolute atomic E-state index is 11.0. The van der Waals surface area contributed by atoms with Crippen molar-refractivity contribution in [3.63, 3.8) is 0 Å². The first kappa shape index (κ1) is 11.8. The lowest BCUT2D eigenvalue weighted by Crippen LogP contribution is -2.49. The molecule has 1 saturated carbocycles. The molecule has 1 saturated heterocycles. The van der Waals surface area contributed by atoms with Crippen LogP contribution >= 0.6 is 0 Å². The second-order valence-corrected chi connectivity index (χ2v) is 4.72. The normalized spacial score (nSPS) is 31.6. The van der Waals surface area contributed by atoms with Crippen LogP contribution in [0.4, 0.5) is 0 Å². The van der Waals surface area contributed by atoms with Crippen molar-refractivity contribution in [3.8, 4) is 0 Å². The average Bonchev–Trinajstić information content (AvgIpc) is 2.97. The third kappa shape index (κ3) is 2.53. The lowest BCUT2D eigenvalue weighted by molar-refractivity contribution is -0.140. The van der Waals surface area contributed by atoms with E-state index < -0.39 is 12.0 Å². The molecule has 0 aromatic rings. The average molecular weight is 229 g/mol. The number of carbonyl (C=O) groups is 1. The Bertz CT molecular complexity index is 259. The number of ether oxygens (including phenoxy) is 2. The van der Waals surface area contributed by atoms with Crippen LogP contribution in [-0.4, -0.2) is 49.6 Å². The van der Waals surface area contributed by atoms with Gasteiger partial charge in [0.25, 0.3) is 0 Å². The Morgan fingerprint density at radius 3 is 2.88 bits per heavy atom. The van der Waals surface area contributed by atoms with Crippen molar-refractivity contribution in [2.75, 3.05) is 26.9 Å². The number of carboxylic acid groups (broad SMARTS) is 1. The molecule has 2 atom stereocenters. The quantitative estimate of drug-likeness (QED) is 0.683. The number of hydrogen-bond acceptors (Lipinski definition) is 4. The fourth-order valence-corrected chi connectivity index (χ4v) is 2.14. The van der Waals surface area contributed by atoms with Gasteiger partial charge in [0.2, 0.25) is 0 Å². The SMILES string of the molecule is COC1(CNC(C(=O)O)C2CC2)CCOC1. The van der Waals surface area contributed by atoms with Gasteiger partial charge in [-0.1, -0.05) is 0 Å². The minimum absolute atomic E-state index is 0.300. The molecule has 0 spiro atoms. The van der Waals surface area contributed by atoms with Gasteiger partial charge >= 0.3 is 5.97 Å². The summed E-state index contributed by atoms with van der Waals surface area (Å²) >= 11 is 0. The minimum atomic E-state index is -0.757. The highest BCUT2D eigenvalue weighted by atomic mass is 16.5. The fraction of sp³-hybridized carbons (Fsp3) is 0.909. The monoisotopic (exact) mass is 229 g/mol. The molecular weight excluding hydrogens is 210 g/mol. The zero-order valence-electron chi connectivity index (χ0n) is 9.57. The fourth-order valence-electron chi connectivity index (χ4n) is 2.14. The molecule has 0 aromatic heterocycles. The summed E-state index contributed by atoms with van der Waals surface area (Å²) in [5, 5.41) is 12.2. The molecule has 1 aliphatic heterocycles. The minimum Gasteiger partial charge on any atom is -0.480 e. The van der Waals surface area contributed by atoms with E-state index in [-0.39, 0.29) is 5.60 Å². The molecule has 2 fully saturated rings. The number of hydrogen-bond donors (Lipinski definition) is 2. The number of aliphatic carboxylic acids is 1. The largest absolute Gasteiger partial charge is 0.480 e. The number of rotatable bonds is 6. The van der Waals surface area contributed by atoms with Gasteiger partial charge in [-0.2, -0.15) is 0 Å². The van der Waals surface area contributed by atoms with Crippen molar-refractivity contribution in [2.45, 2.75) is 30.9 Å². The zero-order valence-corrected chi connectivity index (χ0v) is 9.57. The van der Waals surface area contributed by atoms with Gasteiger partial charge in [0, 0.05) is 26.7 Å². The summed E-state index contributed by atoms with van der Waals surface area (Å²) in [4.78, 5) is 11.0. The number of methoxy groups -OCH3 is 1. The van der Waals surface area contributed by atoms with Crippen molar-refractivity contribution in [1.29, 1.82) is 0 Å². The van der Waals surface area contributed by atoms with Crippen LogP contribution < -0.4 is 5.32 Å². The number of carboxylic acids is 1. The maximum atomic E-state index is 11.0. The molecule has 0 aromatic carbocycles. The first-order valence-electron chi connectivity index (χ1n) is 5.76. The molecule has 16 heavy (non-hydrogen) atoms. The van der Waals surface area contributed by atoms with Crippen molar-refractivity contribution >= 4 is 5.97 Å². The van der Waals surface area contributed by atoms with Crippen LogP contribution in [0.2, 0.25) is 0 Å². The van der Waals surface area contributed by atoms with E-state index >= 15 is 0 Å². The molecule has 0 amide bonds. The van der Waals surface area contributed by atoms with Gasteiger partial charge < -0.3 is 19.9 Å². The molecule has 5 heteroatoms. The van der Waals surface area contributed by atoms with Gasteiger partial charge in [0.1, 0.15) is 11.6 Å². The summed E-state index contributed by atoms with van der Waals surface area (Å²) in [6, 6.07) is -0.423. The van der Waals surface area contributed by atoms with Crippen LogP contribution in [0.15, 0.2) is 0 Å². The van der Waals surface area contributed by atoms with E-state index in [9.17, 15) is 4.79 Å².